The van der Waals surface area contributed by atoms with Crippen LogP contribution < -0.4 is 0 Å². The highest BCUT2D eigenvalue weighted by atomic mass is 35.5. The number of hydrogen-bond donors (Lipinski definition) is 0. The van der Waals surface area contributed by atoms with Crippen molar-refractivity contribution in [2.24, 2.45) is 5.16 Å². The van der Waals surface area contributed by atoms with Crippen LogP contribution in [0.3, 0.4) is 0 Å². The number of halogens is 1. The van der Waals surface area contributed by atoms with Gasteiger partial charge in [0, 0.05) is 10.6 Å². The molecule has 1 heterocycles. The van der Waals surface area contributed by atoms with Crippen LogP contribution in [0.2, 0.25) is 5.02 Å². The van der Waals surface area contributed by atoms with Crippen molar-refractivity contribution in [2.45, 2.75) is 13.8 Å². The molecule has 0 fully saturated rings. The van der Waals surface area contributed by atoms with Crippen LogP contribution in [0.4, 0.5) is 0 Å². The second kappa shape index (κ2) is 7.20. The van der Waals surface area contributed by atoms with Crippen LogP contribution in [0.25, 0.3) is 0 Å². The molecule has 0 N–H and O–H groups in total. The van der Waals surface area contributed by atoms with E-state index in [-0.39, 0.29) is 5.97 Å². The van der Waals surface area contributed by atoms with E-state index in [0.717, 1.165) is 21.3 Å². The summed E-state index contributed by atoms with van der Waals surface area (Å²) >= 11 is 9.16. The Bertz CT molecular complexity index is 559. The van der Waals surface area contributed by atoms with E-state index in [0.29, 0.717) is 16.3 Å². The van der Waals surface area contributed by atoms with E-state index < -0.39 is 0 Å². The van der Waals surface area contributed by atoms with Gasteiger partial charge in [0.1, 0.15) is 11.3 Å². The lowest BCUT2D eigenvalue weighted by Gasteiger charge is -2.08. The molecule has 0 saturated heterocycles. The molecule has 0 bridgehead atoms. The summed E-state index contributed by atoms with van der Waals surface area (Å²) in [6.07, 6.45) is 0. The fourth-order valence-electron chi connectivity index (χ4n) is 1.71. The predicted octanol–water partition coefficient (Wildman–Crippen LogP) is 4.32. The molecule has 0 saturated carbocycles. The van der Waals surface area contributed by atoms with Crippen molar-refractivity contribution < 1.29 is 9.63 Å². The molecule has 0 amide bonds. The number of carbonyl (C=O) groups excluding carboxylic acids is 1. The predicted molar refractivity (Wildman–Crippen MR) is 87.4 cm³/mol. The van der Waals surface area contributed by atoms with Gasteiger partial charge in [-0.25, -0.2) is 4.79 Å². The van der Waals surface area contributed by atoms with Gasteiger partial charge in [0.25, 0.3) is 0 Å². The molecule has 1 aliphatic heterocycles. The van der Waals surface area contributed by atoms with Crippen molar-refractivity contribution in [3.8, 4) is 0 Å². The Balaban J connectivity index is 2.43. The first-order chi connectivity index (χ1) is 9.67. The molecule has 0 aliphatic carbocycles. The minimum Gasteiger partial charge on any atom is -0.312 e. The van der Waals surface area contributed by atoms with Crippen LogP contribution >= 0.6 is 35.1 Å². The summed E-state index contributed by atoms with van der Waals surface area (Å²) in [5, 5.41) is 4.57. The van der Waals surface area contributed by atoms with E-state index >= 15 is 0 Å². The highest BCUT2D eigenvalue weighted by Crippen LogP contribution is 2.35. The SMILES string of the molecule is CCSC(SCC)=C1C(=O)ON=C1c1ccc(Cl)cc1. The number of nitrogens with zero attached hydrogens (tertiary/aromatic N) is 1. The van der Waals surface area contributed by atoms with Crippen molar-refractivity contribution in [1.29, 1.82) is 0 Å². The Morgan fingerprint density at radius 1 is 1.20 bits per heavy atom. The smallest absolute Gasteiger partial charge is 0.312 e. The summed E-state index contributed by atoms with van der Waals surface area (Å²) < 4.78 is 0.964. The first kappa shape index (κ1) is 15.5. The normalized spacial score (nSPS) is 14.2. The molecule has 3 nitrogen and oxygen atoms in total. The summed E-state index contributed by atoms with van der Waals surface area (Å²) in [6.45, 7) is 4.11. The average molecular weight is 328 g/mol. The molecule has 0 unspecified atom stereocenters. The minimum absolute atomic E-state index is 0.383. The first-order valence-electron chi connectivity index (χ1n) is 6.22. The van der Waals surface area contributed by atoms with Crippen LogP contribution in [-0.2, 0) is 9.63 Å². The molecule has 0 radical (unpaired) electrons. The molecule has 20 heavy (non-hydrogen) atoms. The Kier molecular flexibility index (Phi) is 5.57. The lowest BCUT2D eigenvalue weighted by molar-refractivity contribution is -0.136. The third-order valence-corrected chi connectivity index (χ3v) is 5.00. The first-order valence-corrected chi connectivity index (χ1v) is 8.57. The third-order valence-electron chi connectivity index (χ3n) is 2.53. The van der Waals surface area contributed by atoms with Gasteiger partial charge in [0.05, 0.1) is 4.24 Å². The van der Waals surface area contributed by atoms with E-state index in [1.54, 1.807) is 35.7 Å². The molecule has 0 aromatic heterocycles. The molecular formula is C14H14ClNO2S2. The van der Waals surface area contributed by atoms with Gasteiger partial charge >= 0.3 is 5.97 Å². The lowest BCUT2D eigenvalue weighted by Crippen LogP contribution is -2.09. The maximum atomic E-state index is 12.0. The lowest BCUT2D eigenvalue weighted by atomic mass is 10.0. The van der Waals surface area contributed by atoms with Gasteiger partial charge in [0.2, 0.25) is 0 Å². The second-order valence-corrected chi connectivity index (χ2v) is 7.10. The molecule has 2 rings (SSSR count). The maximum absolute atomic E-state index is 12.0. The third kappa shape index (κ3) is 3.40. The molecule has 1 aliphatic rings. The van der Waals surface area contributed by atoms with Gasteiger partial charge in [-0.15, -0.1) is 23.5 Å². The Morgan fingerprint density at radius 2 is 1.80 bits per heavy atom. The summed E-state index contributed by atoms with van der Waals surface area (Å²) in [6, 6.07) is 7.24. The maximum Gasteiger partial charge on any atom is 0.369 e. The number of thioether (sulfide) groups is 2. The zero-order valence-corrected chi connectivity index (χ0v) is 13.6. The largest absolute Gasteiger partial charge is 0.369 e. The van der Waals surface area contributed by atoms with Crippen molar-refractivity contribution in [2.75, 3.05) is 11.5 Å². The molecule has 0 atom stereocenters. The van der Waals surface area contributed by atoms with Crippen LogP contribution in [0.15, 0.2) is 39.2 Å². The Hall–Kier alpha value is -0.910. The Morgan fingerprint density at radius 3 is 2.35 bits per heavy atom. The number of hydrogen-bond acceptors (Lipinski definition) is 5. The summed E-state index contributed by atoms with van der Waals surface area (Å²) in [7, 11) is 0. The minimum atomic E-state index is -0.383. The highest BCUT2D eigenvalue weighted by Gasteiger charge is 2.30. The van der Waals surface area contributed by atoms with Gasteiger partial charge in [0.15, 0.2) is 0 Å². The van der Waals surface area contributed by atoms with Crippen LogP contribution in [-0.4, -0.2) is 23.2 Å². The second-order valence-electron chi connectivity index (χ2n) is 3.85. The van der Waals surface area contributed by atoms with E-state index in [4.69, 9.17) is 16.4 Å². The van der Waals surface area contributed by atoms with Gasteiger partial charge in [-0.1, -0.05) is 42.7 Å². The number of carbonyl (C=O) groups is 1. The standard InChI is InChI=1S/C14H14ClNO2S2/c1-3-19-14(20-4-2)11-12(16-18-13(11)17)9-5-7-10(15)8-6-9/h5-8H,3-4H2,1-2H3. The summed E-state index contributed by atoms with van der Waals surface area (Å²) in [4.78, 5) is 16.8. The van der Waals surface area contributed by atoms with Gasteiger partial charge in [-0.05, 0) is 23.6 Å². The van der Waals surface area contributed by atoms with Gasteiger partial charge in [-0.3, -0.25) is 0 Å². The fraction of sp³-hybridized carbons (Fsp3) is 0.286. The van der Waals surface area contributed by atoms with E-state index in [1.165, 1.54) is 0 Å². The zero-order chi connectivity index (χ0) is 14.5. The molecular weight excluding hydrogens is 314 g/mol. The molecule has 0 spiro atoms. The topological polar surface area (TPSA) is 38.7 Å². The van der Waals surface area contributed by atoms with Crippen LogP contribution in [0.5, 0.6) is 0 Å². The molecule has 1 aromatic carbocycles. The summed E-state index contributed by atoms with van der Waals surface area (Å²) in [5.74, 6) is 1.41. The average Bonchev–Trinajstić information content (AvgIpc) is 2.81. The van der Waals surface area contributed by atoms with Crippen LogP contribution in [0, 0.1) is 0 Å². The monoisotopic (exact) mass is 327 g/mol. The zero-order valence-electron chi connectivity index (χ0n) is 11.2. The number of rotatable bonds is 5. The Labute approximate surface area is 131 Å². The quantitative estimate of drug-likeness (QED) is 0.596. The number of oxime groups is 1. The molecule has 106 valence electrons. The van der Waals surface area contributed by atoms with E-state index in [2.05, 4.69) is 19.0 Å². The van der Waals surface area contributed by atoms with Crippen LogP contribution in [0.1, 0.15) is 19.4 Å². The highest BCUT2D eigenvalue weighted by molar-refractivity contribution is 8.22. The van der Waals surface area contributed by atoms with Crippen molar-refractivity contribution in [3.63, 3.8) is 0 Å². The summed E-state index contributed by atoms with van der Waals surface area (Å²) in [5.41, 5.74) is 1.98. The van der Waals surface area contributed by atoms with Crippen molar-refractivity contribution in [3.05, 3.63) is 44.7 Å². The van der Waals surface area contributed by atoms with Gasteiger partial charge < -0.3 is 4.84 Å². The van der Waals surface area contributed by atoms with E-state index in [1.807, 2.05) is 12.1 Å². The van der Waals surface area contributed by atoms with E-state index in [9.17, 15) is 4.79 Å². The fourth-order valence-corrected chi connectivity index (χ4v) is 4.05. The van der Waals surface area contributed by atoms with Crippen molar-refractivity contribution >= 4 is 46.8 Å². The van der Waals surface area contributed by atoms with Crippen molar-refractivity contribution in [1.82, 2.24) is 0 Å². The molecule has 6 heteroatoms. The number of benzene rings is 1. The molecule has 1 aromatic rings. The van der Waals surface area contributed by atoms with Gasteiger partial charge in [-0.2, -0.15) is 0 Å².